The first-order chi connectivity index (χ1) is 8.70. The van der Waals surface area contributed by atoms with E-state index in [-0.39, 0.29) is 5.41 Å². The van der Waals surface area contributed by atoms with Crippen molar-refractivity contribution in [3.05, 3.63) is 22.8 Å². The summed E-state index contributed by atoms with van der Waals surface area (Å²) in [6.45, 7) is 10.5. The summed E-state index contributed by atoms with van der Waals surface area (Å²) in [7, 11) is 0. The molecule has 106 valence electrons. The predicted octanol–water partition coefficient (Wildman–Crippen LogP) is 4.43. The lowest BCUT2D eigenvalue weighted by Crippen LogP contribution is -2.31. The van der Waals surface area contributed by atoms with Crippen molar-refractivity contribution in [3.63, 3.8) is 0 Å². The van der Waals surface area contributed by atoms with Crippen LogP contribution in [0.25, 0.3) is 0 Å². The molecule has 0 heterocycles. The molecule has 2 unspecified atom stereocenters. The Balaban J connectivity index is 2.25. The fourth-order valence-electron chi connectivity index (χ4n) is 3.65. The monoisotopic (exact) mass is 262 g/mol. The van der Waals surface area contributed by atoms with Gasteiger partial charge in [0.2, 0.25) is 0 Å². The van der Waals surface area contributed by atoms with Gasteiger partial charge in [-0.05, 0) is 36.5 Å². The van der Waals surface area contributed by atoms with E-state index in [9.17, 15) is 9.90 Å². The lowest BCUT2D eigenvalue weighted by molar-refractivity contribution is -0.133. The van der Waals surface area contributed by atoms with Crippen LogP contribution in [0.1, 0.15) is 53.9 Å². The van der Waals surface area contributed by atoms with E-state index in [0.717, 1.165) is 12.8 Å². The van der Waals surface area contributed by atoms with Gasteiger partial charge in [-0.25, -0.2) is 4.79 Å². The molecule has 2 atom stereocenters. The van der Waals surface area contributed by atoms with E-state index >= 15 is 0 Å². The molecule has 0 aromatic heterocycles. The fraction of sp³-hybridized carbons (Fsp3) is 0.706. The molecule has 0 bridgehead atoms. The highest BCUT2D eigenvalue weighted by atomic mass is 16.4. The van der Waals surface area contributed by atoms with Crippen LogP contribution in [0, 0.1) is 23.2 Å². The Labute approximate surface area is 116 Å². The second-order valence-electron chi connectivity index (χ2n) is 7.57. The number of carbonyl (C=O) groups is 1. The SMILES string of the molecule is CC(C)CC1=CC2C(=C(C(=O)O)C(C)(C)C)CC2C1. The molecule has 0 saturated heterocycles. The molecule has 0 amide bonds. The minimum absolute atomic E-state index is 0.263. The zero-order chi connectivity index (χ0) is 14.4. The lowest BCUT2D eigenvalue weighted by atomic mass is 9.65. The quantitative estimate of drug-likeness (QED) is 0.603. The molecule has 1 N–H and O–H groups in total. The summed E-state index contributed by atoms with van der Waals surface area (Å²) in [4.78, 5) is 11.5. The smallest absolute Gasteiger partial charge is 0.332 e. The third-order valence-corrected chi connectivity index (χ3v) is 4.29. The van der Waals surface area contributed by atoms with Crippen LogP contribution in [0.3, 0.4) is 0 Å². The zero-order valence-corrected chi connectivity index (χ0v) is 12.8. The highest BCUT2D eigenvalue weighted by Gasteiger charge is 2.43. The maximum atomic E-state index is 11.5. The Morgan fingerprint density at radius 1 is 1.37 bits per heavy atom. The lowest BCUT2D eigenvalue weighted by Gasteiger charge is -2.38. The standard InChI is InChI=1S/C17H26O2/c1-10(2)6-11-7-12-9-14(13(12)8-11)15(16(18)19)17(3,4)5/h8,10,12-13H,6-7,9H2,1-5H3,(H,18,19). The van der Waals surface area contributed by atoms with Crippen LogP contribution in [-0.2, 0) is 4.79 Å². The van der Waals surface area contributed by atoms with Gasteiger partial charge in [-0.1, -0.05) is 51.8 Å². The van der Waals surface area contributed by atoms with Gasteiger partial charge in [-0.15, -0.1) is 0 Å². The van der Waals surface area contributed by atoms with Gasteiger partial charge in [0, 0.05) is 11.5 Å². The third kappa shape index (κ3) is 2.77. The molecular formula is C17H26O2. The van der Waals surface area contributed by atoms with Crippen LogP contribution in [0.5, 0.6) is 0 Å². The Hall–Kier alpha value is -1.05. The molecule has 0 aromatic rings. The number of allylic oxidation sites excluding steroid dienone is 3. The zero-order valence-electron chi connectivity index (χ0n) is 12.8. The molecule has 0 radical (unpaired) electrons. The van der Waals surface area contributed by atoms with Crippen LogP contribution in [-0.4, -0.2) is 11.1 Å². The van der Waals surface area contributed by atoms with Crippen molar-refractivity contribution in [1.29, 1.82) is 0 Å². The number of hydrogen-bond acceptors (Lipinski definition) is 1. The minimum atomic E-state index is -0.730. The summed E-state index contributed by atoms with van der Waals surface area (Å²) < 4.78 is 0. The summed E-state index contributed by atoms with van der Waals surface area (Å²) in [6, 6.07) is 0. The van der Waals surface area contributed by atoms with Crippen molar-refractivity contribution in [2.24, 2.45) is 23.2 Å². The largest absolute Gasteiger partial charge is 0.478 e. The van der Waals surface area contributed by atoms with Gasteiger partial charge in [0.25, 0.3) is 0 Å². The van der Waals surface area contributed by atoms with Gasteiger partial charge in [0.05, 0.1) is 0 Å². The van der Waals surface area contributed by atoms with E-state index in [1.165, 1.54) is 12.0 Å². The Kier molecular flexibility index (Phi) is 3.63. The van der Waals surface area contributed by atoms with Crippen molar-refractivity contribution in [3.8, 4) is 0 Å². The first-order valence-corrected chi connectivity index (χ1v) is 7.36. The molecular weight excluding hydrogens is 236 g/mol. The van der Waals surface area contributed by atoms with Gasteiger partial charge in [-0.3, -0.25) is 0 Å². The van der Waals surface area contributed by atoms with Gasteiger partial charge in [0.15, 0.2) is 0 Å². The van der Waals surface area contributed by atoms with E-state index in [1.807, 2.05) is 20.8 Å². The van der Waals surface area contributed by atoms with Crippen LogP contribution in [0.2, 0.25) is 0 Å². The normalized spacial score (nSPS) is 28.8. The maximum absolute atomic E-state index is 11.5. The van der Waals surface area contributed by atoms with Crippen LogP contribution >= 0.6 is 0 Å². The summed E-state index contributed by atoms with van der Waals surface area (Å²) in [5.74, 6) is 1.06. The van der Waals surface area contributed by atoms with Gasteiger partial charge >= 0.3 is 5.97 Å². The van der Waals surface area contributed by atoms with Crippen molar-refractivity contribution >= 4 is 5.97 Å². The molecule has 2 heteroatoms. The number of aliphatic carboxylic acids is 1. The molecule has 2 nitrogen and oxygen atoms in total. The highest BCUT2D eigenvalue weighted by Crippen LogP contribution is 2.53. The first-order valence-electron chi connectivity index (χ1n) is 7.36. The number of rotatable bonds is 3. The molecule has 2 aliphatic carbocycles. The molecule has 1 fully saturated rings. The van der Waals surface area contributed by atoms with E-state index in [0.29, 0.717) is 23.3 Å². The molecule has 2 aliphatic rings. The highest BCUT2D eigenvalue weighted by molar-refractivity contribution is 5.89. The van der Waals surface area contributed by atoms with E-state index in [1.54, 1.807) is 5.57 Å². The second kappa shape index (κ2) is 4.81. The summed E-state index contributed by atoms with van der Waals surface area (Å²) in [5.41, 5.74) is 3.11. The average molecular weight is 262 g/mol. The Bertz CT molecular complexity index is 446. The third-order valence-electron chi connectivity index (χ3n) is 4.29. The predicted molar refractivity (Wildman–Crippen MR) is 77.9 cm³/mol. The maximum Gasteiger partial charge on any atom is 0.332 e. The molecule has 1 saturated carbocycles. The summed E-state index contributed by atoms with van der Waals surface area (Å²) in [5, 5.41) is 9.50. The van der Waals surface area contributed by atoms with Gasteiger partial charge in [0.1, 0.15) is 0 Å². The molecule has 0 aromatic carbocycles. The van der Waals surface area contributed by atoms with Crippen LogP contribution in [0.15, 0.2) is 22.8 Å². The van der Waals surface area contributed by atoms with Crippen LogP contribution in [0.4, 0.5) is 0 Å². The van der Waals surface area contributed by atoms with E-state index in [4.69, 9.17) is 0 Å². The molecule has 2 rings (SSSR count). The van der Waals surface area contributed by atoms with Crippen molar-refractivity contribution < 1.29 is 9.90 Å². The van der Waals surface area contributed by atoms with E-state index in [2.05, 4.69) is 19.9 Å². The molecule has 0 spiro atoms. The van der Waals surface area contributed by atoms with Crippen molar-refractivity contribution in [1.82, 2.24) is 0 Å². The van der Waals surface area contributed by atoms with Gasteiger partial charge in [-0.2, -0.15) is 0 Å². The first kappa shape index (κ1) is 14.4. The van der Waals surface area contributed by atoms with E-state index < -0.39 is 5.97 Å². The number of carboxylic acids is 1. The van der Waals surface area contributed by atoms with Crippen molar-refractivity contribution in [2.75, 3.05) is 0 Å². The fourth-order valence-corrected chi connectivity index (χ4v) is 3.65. The van der Waals surface area contributed by atoms with Gasteiger partial charge < -0.3 is 5.11 Å². The Morgan fingerprint density at radius 3 is 2.47 bits per heavy atom. The molecule has 0 aliphatic heterocycles. The van der Waals surface area contributed by atoms with Crippen LogP contribution < -0.4 is 0 Å². The summed E-state index contributed by atoms with van der Waals surface area (Å²) in [6.07, 6.45) is 5.70. The Morgan fingerprint density at radius 2 is 2.00 bits per heavy atom. The average Bonchev–Trinajstić information content (AvgIpc) is 2.49. The van der Waals surface area contributed by atoms with Crippen molar-refractivity contribution in [2.45, 2.75) is 53.9 Å². The number of hydrogen-bond donors (Lipinski definition) is 1. The molecule has 19 heavy (non-hydrogen) atoms. The number of carboxylic acid groups (broad SMARTS) is 1. The minimum Gasteiger partial charge on any atom is -0.478 e. The number of fused-ring (bicyclic) bond motifs is 1. The summed E-state index contributed by atoms with van der Waals surface area (Å²) >= 11 is 0. The topological polar surface area (TPSA) is 37.3 Å². The second-order valence-corrected chi connectivity index (χ2v) is 7.57.